The standard InChI is InChI=1S/C12H3Cl7O4/c13-2-1-3(14)5(15)6(16)4(2)10(20)8(18)7(17)9(19)11(21)12(22)23/h1,20H,(H,22,23)/b9-7+,10-8+. The van der Waals surface area contributed by atoms with Gasteiger partial charge < -0.3 is 10.2 Å². The van der Waals surface area contributed by atoms with Gasteiger partial charge in [-0.05, 0) is 6.07 Å². The number of carbonyl (C=O) groups excluding carboxylic acids is 1. The molecule has 0 heterocycles. The predicted molar refractivity (Wildman–Crippen MR) is 93.3 cm³/mol. The van der Waals surface area contributed by atoms with Crippen molar-refractivity contribution in [3.05, 3.63) is 46.8 Å². The number of carbonyl (C=O) groups is 2. The summed E-state index contributed by atoms with van der Waals surface area (Å²) in [4.78, 5) is 21.8. The maximum Gasteiger partial charge on any atom is 0.378 e. The highest BCUT2D eigenvalue weighted by atomic mass is 35.5. The molecule has 0 fully saturated rings. The van der Waals surface area contributed by atoms with Crippen LogP contribution in [0.2, 0.25) is 20.1 Å². The summed E-state index contributed by atoms with van der Waals surface area (Å²) < 4.78 is 0. The van der Waals surface area contributed by atoms with E-state index in [1.54, 1.807) is 0 Å². The number of carboxylic acids is 1. The summed E-state index contributed by atoms with van der Waals surface area (Å²) in [6, 6.07) is 1.19. The van der Waals surface area contributed by atoms with Crippen molar-refractivity contribution in [2.24, 2.45) is 0 Å². The SMILES string of the molecule is O=C(O)C(=O)/C(Cl)=C(Cl)/C(Cl)=C(\O)c1c(Cl)cc(Cl)c(Cl)c1Cl. The van der Waals surface area contributed by atoms with Crippen molar-refractivity contribution >= 4 is 98.7 Å². The number of aliphatic hydroxyl groups excluding tert-OH is 1. The van der Waals surface area contributed by atoms with Gasteiger partial charge in [0.1, 0.15) is 15.8 Å². The number of ketones is 1. The predicted octanol–water partition coefficient (Wildman–Crippen LogP) is 6.11. The van der Waals surface area contributed by atoms with E-state index in [4.69, 9.17) is 86.3 Å². The lowest BCUT2D eigenvalue weighted by molar-refractivity contribution is -0.146. The van der Waals surface area contributed by atoms with Gasteiger partial charge in [0, 0.05) is 0 Å². The van der Waals surface area contributed by atoms with Crippen molar-refractivity contribution in [2.75, 3.05) is 0 Å². The summed E-state index contributed by atoms with van der Waals surface area (Å²) in [6.45, 7) is 0. The van der Waals surface area contributed by atoms with Crippen LogP contribution in [0.5, 0.6) is 0 Å². The zero-order valence-corrected chi connectivity index (χ0v) is 15.7. The highest BCUT2D eigenvalue weighted by Gasteiger charge is 2.25. The molecule has 0 radical (unpaired) electrons. The Morgan fingerprint density at radius 2 is 1.30 bits per heavy atom. The summed E-state index contributed by atoms with van der Waals surface area (Å²) in [6.07, 6.45) is 0. The van der Waals surface area contributed by atoms with Crippen LogP contribution < -0.4 is 0 Å². The number of benzene rings is 1. The van der Waals surface area contributed by atoms with E-state index in [0.29, 0.717) is 0 Å². The Morgan fingerprint density at radius 3 is 1.78 bits per heavy atom. The average molecular weight is 459 g/mol. The van der Waals surface area contributed by atoms with Gasteiger partial charge in [0.2, 0.25) is 0 Å². The molecule has 4 nitrogen and oxygen atoms in total. The number of hydrogen-bond acceptors (Lipinski definition) is 3. The first-order valence-corrected chi connectivity index (χ1v) is 7.90. The van der Waals surface area contributed by atoms with E-state index in [0.717, 1.165) is 0 Å². The molecule has 0 unspecified atom stereocenters. The molecule has 1 aromatic rings. The average Bonchev–Trinajstić information content (AvgIpc) is 2.49. The second kappa shape index (κ2) is 8.17. The molecule has 0 saturated heterocycles. The fourth-order valence-electron chi connectivity index (χ4n) is 1.29. The molecule has 0 aromatic heterocycles. The van der Waals surface area contributed by atoms with Crippen molar-refractivity contribution in [1.82, 2.24) is 0 Å². The molecule has 0 spiro atoms. The normalized spacial score (nSPS) is 13.3. The monoisotopic (exact) mass is 456 g/mol. The largest absolute Gasteiger partial charge is 0.506 e. The fraction of sp³-hybridized carbons (Fsp3) is 0. The first kappa shape index (κ1) is 20.7. The van der Waals surface area contributed by atoms with E-state index < -0.39 is 32.6 Å². The molecular weight excluding hydrogens is 456 g/mol. The van der Waals surface area contributed by atoms with E-state index in [1.807, 2.05) is 0 Å². The second-order valence-electron chi connectivity index (χ2n) is 3.77. The first-order valence-electron chi connectivity index (χ1n) is 5.26. The molecule has 0 bridgehead atoms. The minimum Gasteiger partial charge on any atom is -0.506 e. The third-order valence-electron chi connectivity index (χ3n) is 2.34. The number of carboxylic acid groups (broad SMARTS) is 1. The van der Waals surface area contributed by atoms with Crippen molar-refractivity contribution in [3.63, 3.8) is 0 Å². The third-order valence-corrected chi connectivity index (χ3v) is 5.20. The summed E-state index contributed by atoms with van der Waals surface area (Å²) in [5.41, 5.74) is -0.224. The van der Waals surface area contributed by atoms with Gasteiger partial charge in [-0.1, -0.05) is 81.2 Å². The Hall–Kier alpha value is -0.330. The summed E-state index contributed by atoms with van der Waals surface area (Å²) in [7, 11) is 0. The second-order valence-corrected chi connectivity index (χ2v) is 6.47. The van der Waals surface area contributed by atoms with Crippen molar-refractivity contribution < 1.29 is 19.8 Å². The number of rotatable bonds is 4. The Balaban J connectivity index is 3.59. The Kier molecular flexibility index (Phi) is 7.36. The van der Waals surface area contributed by atoms with Gasteiger partial charge in [0.05, 0.1) is 30.7 Å². The summed E-state index contributed by atoms with van der Waals surface area (Å²) in [5.74, 6) is -4.15. The van der Waals surface area contributed by atoms with Crippen LogP contribution in [-0.4, -0.2) is 22.0 Å². The zero-order valence-electron chi connectivity index (χ0n) is 10.4. The van der Waals surface area contributed by atoms with E-state index in [-0.39, 0.29) is 25.7 Å². The Labute approximate surface area is 164 Å². The van der Waals surface area contributed by atoms with Gasteiger partial charge in [-0.15, -0.1) is 0 Å². The molecule has 0 atom stereocenters. The molecule has 0 saturated carbocycles. The van der Waals surface area contributed by atoms with Crippen LogP contribution >= 0.6 is 81.2 Å². The molecule has 0 amide bonds. The third kappa shape index (κ3) is 4.40. The van der Waals surface area contributed by atoms with E-state index in [2.05, 4.69) is 0 Å². The van der Waals surface area contributed by atoms with Crippen LogP contribution in [0.1, 0.15) is 5.56 Å². The number of Topliss-reactive ketones (excluding diaryl/α,β-unsaturated/α-hetero) is 1. The van der Waals surface area contributed by atoms with Gasteiger partial charge in [-0.2, -0.15) is 0 Å². The van der Waals surface area contributed by atoms with Crippen LogP contribution in [0.25, 0.3) is 5.76 Å². The minimum atomic E-state index is -1.86. The molecule has 0 aliphatic rings. The maximum absolute atomic E-state index is 11.3. The molecule has 11 heteroatoms. The summed E-state index contributed by atoms with van der Waals surface area (Å²) in [5, 5.41) is 16.0. The van der Waals surface area contributed by atoms with Crippen molar-refractivity contribution in [2.45, 2.75) is 0 Å². The zero-order chi connectivity index (χ0) is 18.1. The van der Waals surface area contributed by atoms with Gasteiger partial charge in [-0.3, -0.25) is 4.79 Å². The quantitative estimate of drug-likeness (QED) is 0.142. The summed E-state index contributed by atoms with van der Waals surface area (Å²) >= 11 is 40.5. The fourth-order valence-corrected chi connectivity index (χ4v) is 2.97. The number of hydrogen-bond donors (Lipinski definition) is 2. The number of allylic oxidation sites excluding steroid dienone is 2. The van der Waals surface area contributed by atoms with E-state index >= 15 is 0 Å². The topological polar surface area (TPSA) is 74.6 Å². The Bertz CT molecular complexity index is 767. The Morgan fingerprint density at radius 1 is 0.783 bits per heavy atom. The molecule has 1 aromatic carbocycles. The maximum atomic E-state index is 11.3. The van der Waals surface area contributed by atoms with Crippen LogP contribution in [0.15, 0.2) is 21.2 Å². The molecule has 124 valence electrons. The molecule has 0 aliphatic heterocycles. The first-order chi connectivity index (χ1) is 10.5. The molecular formula is C12H3Cl7O4. The van der Waals surface area contributed by atoms with Crippen molar-refractivity contribution in [3.8, 4) is 0 Å². The van der Waals surface area contributed by atoms with Gasteiger partial charge in [-0.25, -0.2) is 4.79 Å². The van der Waals surface area contributed by atoms with Crippen LogP contribution in [0, 0.1) is 0 Å². The van der Waals surface area contributed by atoms with Crippen LogP contribution in [0.4, 0.5) is 0 Å². The van der Waals surface area contributed by atoms with Crippen molar-refractivity contribution in [1.29, 1.82) is 0 Å². The number of aliphatic hydroxyl groups is 1. The lowest BCUT2D eigenvalue weighted by Gasteiger charge is -2.11. The molecule has 0 aliphatic carbocycles. The van der Waals surface area contributed by atoms with E-state index in [1.165, 1.54) is 6.07 Å². The van der Waals surface area contributed by atoms with E-state index in [9.17, 15) is 14.7 Å². The lowest BCUT2D eigenvalue weighted by atomic mass is 10.1. The van der Waals surface area contributed by atoms with Gasteiger partial charge in [0.15, 0.2) is 0 Å². The van der Waals surface area contributed by atoms with Gasteiger partial charge in [0.25, 0.3) is 5.78 Å². The smallest absolute Gasteiger partial charge is 0.378 e. The van der Waals surface area contributed by atoms with Crippen LogP contribution in [-0.2, 0) is 9.59 Å². The van der Waals surface area contributed by atoms with Crippen LogP contribution in [0.3, 0.4) is 0 Å². The molecule has 1 rings (SSSR count). The highest BCUT2D eigenvalue weighted by molar-refractivity contribution is 6.61. The minimum absolute atomic E-state index is 0.0232. The lowest BCUT2D eigenvalue weighted by Crippen LogP contribution is -2.13. The van der Waals surface area contributed by atoms with Gasteiger partial charge >= 0.3 is 5.97 Å². The number of halogens is 7. The molecule has 23 heavy (non-hydrogen) atoms. The highest BCUT2D eigenvalue weighted by Crippen LogP contribution is 2.42. The molecule has 2 N–H and O–H groups in total. The number of aliphatic carboxylic acids is 1.